The van der Waals surface area contributed by atoms with Gasteiger partial charge in [-0.15, -0.1) is 0 Å². The van der Waals surface area contributed by atoms with Crippen molar-refractivity contribution in [2.45, 2.75) is 19.2 Å². The number of nitrogens with zero attached hydrogens (tertiary/aromatic N) is 1. The standard InChI is InChI=1S/C6H10BNO2/c1-2-8-5(9)3-4(7)6(8)10/h4H,2-3,7H2,1H3. The summed E-state index contributed by atoms with van der Waals surface area (Å²) in [7, 11) is 1.79. The molecular formula is C6H10BNO2. The molecule has 1 fully saturated rings. The van der Waals surface area contributed by atoms with Gasteiger partial charge in [-0.3, -0.25) is 14.5 Å². The molecule has 0 N–H and O–H groups in total. The largest absolute Gasteiger partial charge is 0.283 e. The molecule has 1 atom stereocenters. The molecule has 0 aromatic heterocycles. The van der Waals surface area contributed by atoms with E-state index in [0.717, 1.165) is 0 Å². The fourth-order valence-corrected chi connectivity index (χ4v) is 1.18. The van der Waals surface area contributed by atoms with Crippen LogP contribution in [0.15, 0.2) is 0 Å². The van der Waals surface area contributed by atoms with Crippen molar-refractivity contribution in [1.29, 1.82) is 0 Å². The van der Waals surface area contributed by atoms with Crippen molar-refractivity contribution < 1.29 is 9.59 Å². The highest BCUT2D eigenvalue weighted by Gasteiger charge is 2.33. The average Bonchev–Trinajstić information content (AvgIpc) is 2.09. The number of amides is 2. The third-order valence-electron chi connectivity index (χ3n) is 1.79. The van der Waals surface area contributed by atoms with E-state index in [9.17, 15) is 9.59 Å². The van der Waals surface area contributed by atoms with Crippen LogP contribution < -0.4 is 0 Å². The van der Waals surface area contributed by atoms with Crippen LogP contribution in [0.1, 0.15) is 13.3 Å². The van der Waals surface area contributed by atoms with Crippen LogP contribution in [-0.2, 0) is 9.59 Å². The zero-order chi connectivity index (χ0) is 7.72. The van der Waals surface area contributed by atoms with E-state index in [2.05, 4.69) is 0 Å². The van der Waals surface area contributed by atoms with Gasteiger partial charge in [0.2, 0.25) is 11.8 Å². The number of likely N-dealkylation sites (tertiary alicyclic amines) is 1. The molecule has 1 aliphatic rings. The number of hydrogen-bond donors (Lipinski definition) is 0. The fraction of sp³-hybridized carbons (Fsp3) is 0.667. The zero-order valence-corrected chi connectivity index (χ0v) is 6.26. The molecule has 0 bridgehead atoms. The highest BCUT2D eigenvalue weighted by molar-refractivity contribution is 6.29. The number of imide groups is 1. The second-order valence-corrected chi connectivity index (χ2v) is 2.58. The Morgan fingerprint density at radius 3 is 2.50 bits per heavy atom. The minimum absolute atomic E-state index is 0.0208. The quantitative estimate of drug-likeness (QED) is 0.351. The smallest absolute Gasteiger partial charge is 0.229 e. The molecule has 4 heteroatoms. The van der Waals surface area contributed by atoms with Crippen LogP contribution in [0.25, 0.3) is 0 Å². The molecule has 2 amide bonds. The lowest BCUT2D eigenvalue weighted by Gasteiger charge is -2.09. The van der Waals surface area contributed by atoms with Gasteiger partial charge in [0.05, 0.1) is 0 Å². The summed E-state index contributed by atoms with van der Waals surface area (Å²) in [4.78, 5) is 23.3. The maximum atomic E-state index is 11.1. The average molecular weight is 139 g/mol. The van der Waals surface area contributed by atoms with Gasteiger partial charge in [-0.05, 0) is 6.92 Å². The van der Waals surface area contributed by atoms with E-state index in [1.165, 1.54) is 4.90 Å². The molecule has 1 aliphatic heterocycles. The summed E-state index contributed by atoms with van der Waals surface area (Å²) in [5.41, 5.74) is 0. The van der Waals surface area contributed by atoms with Gasteiger partial charge in [0.1, 0.15) is 7.85 Å². The lowest BCUT2D eigenvalue weighted by Crippen LogP contribution is -2.29. The van der Waals surface area contributed by atoms with Crippen LogP contribution in [0.2, 0.25) is 5.82 Å². The molecule has 0 aromatic rings. The SMILES string of the molecule is BC1CC(=O)N(CC)C1=O. The van der Waals surface area contributed by atoms with Crippen molar-refractivity contribution >= 4 is 19.7 Å². The van der Waals surface area contributed by atoms with Gasteiger partial charge in [-0.1, -0.05) is 0 Å². The number of rotatable bonds is 1. The van der Waals surface area contributed by atoms with Gasteiger partial charge in [-0.25, -0.2) is 0 Å². The van der Waals surface area contributed by atoms with E-state index in [1.807, 2.05) is 6.92 Å². The zero-order valence-electron chi connectivity index (χ0n) is 6.26. The second kappa shape index (κ2) is 2.44. The van der Waals surface area contributed by atoms with E-state index in [4.69, 9.17) is 0 Å². The van der Waals surface area contributed by atoms with Crippen LogP contribution in [0.4, 0.5) is 0 Å². The Balaban J connectivity index is 2.74. The van der Waals surface area contributed by atoms with Gasteiger partial charge < -0.3 is 0 Å². The minimum atomic E-state index is -0.0903. The molecule has 0 radical (unpaired) electrons. The molecule has 1 saturated heterocycles. The third-order valence-corrected chi connectivity index (χ3v) is 1.79. The van der Waals surface area contributed by atoms with Gasteiger partial charge in [0.15, 0.2) is 0 Å². The van der Waals surface area contributed by atoms with Gasteiger partial charge in [0, 0.05) is 18.8 Å². The molecule has 0 aliphatic carbocycles. The van der Waals surface area contributed by atoms with Crippen LogP contribution in [0.5, 0.6) is 0 Å². The molecule has 0 aromatic carbocycles. The van der Waals surface area contributed by atoms with Crippen LogP contribution in [-0.4, -0.2) is 31.1 Å². The van der Waals surface area contributed by atoms with Gasteiger partial charge in [-0.2, -0.15) is 0 Å². The van der Waals surface area contributed by atoms with Crippen LogP contribution >= 0.6 is 0 Å². The van der Waals surface area contributed by atoms with Crippen molar-refractivity contribution in [3.8, 4) is 0 Å². The van der Waals surface area contributed by atoms with Crippen molar-refractivity contribution in [1.82, 2.24) is 4.90 Å². The molecule has 1 unspecified atom stereocenters. The lowest BCUT2D eigenvalue weighted by atomic mass is 9.86. The van der Waals surface area contributed by atoms with Gasteiger partial charge in [0.25, 0.3) is 0 Å². The highest BCUT2D eigenvalue weighted by atomic mass is 16.2. The Bertz CT molecular complexity index is 181. The lowest BCUT2D eigenvalue weighted by molar-refractivity contribution is -0.138. The summed E-state index contributed by atoms with van der Waals surface area (Å²) in [6.45, 7) is 2.33. The molecule has 54 valence electrons. The summed E-state index contributed by atoms with van der Waals surface area (Å²) >= 11 is 0. The summed E-state index contributed by atoms with van der Waals surface area (Å²) in [5, 5.41) is 0. The summed E-state index contributed by atoms with van der Waals surface area (Å²) in [6, 6.07) is 0. The van der Waals surface area contributed by atoms with Crippen LogP contribution in [0.3, 0.4) is 0 Å². The molecular weight excluding hydrogens is 129 g/mol. The first-order chi connectivity index (χ1) is 4.66. The Morgan fingerprint density at radius 2 is 2.30 bits per heavy atom. The van der Waals surface area contributed by atoms with Crippen molar-refractivity contribution in [2.75, 3.05) is 6.54 Å². The first-order valence-corrected chi connectivity index (χ1v) is 3.51. The van der Waals surface area contributed by atoms with E-state index in [-0.39, 0.29) is 17.6 Å². The fourth-order valence-electron chi connectivity index (χ4n) is 1.18. The van der Waals surface area contributed by atoms with E-state index in [1.54, 1.807) is 7.85 Å². The summed E-state index contributed by atoms with van der Waals surface area (Å²) in [5.74, 6) is -0.139. The van der Waals surface area contributed by atoms with Crippen molar-refractivity contribution in [3.63, 3.8) is 0 Å². The maximum Gasteiger partial charge on any atom is 0.229 e. The first-order valence-electron chi connectivity index (χ1n) is 3.51. The summed E-state index contributed by atoms with van der Waals surface area (Å²) in [6.07, 6.45) is 0.396. The normalized spacial score (nSPS) is 26.1. The topological polar surface area (TPSA) is 37.4 Å². The Hall–Kier alpha value is -0.795. The summed E-state index contributed by atoms with van der Waals surface area (Å²) < 4.78 is 0. The number of carbonyl (C=O) groups is 2. The van der Waals surface area contributed by atoms with E-state index >= 15 is 0 Å². The van der Waals surface area contributed by atoms with E-state index < -0.39 is 0 Å². The minimum Gasteiger partial charge on any atom is -0.283 e. The third kappa shape index (κ3) is 0.937. The Kier molecular flexibility index (Phi) is 1.79. The Labute approximate surface area is 60.8 Å². The predicted molar refractivity (Wildman–Crippen MR) is 39.3 cm³/mol. The van der Waals surface area contributed by atoms with E-state index in [0.29, 0.717) is 13.0 Å². The van der Waals surface area contributed by atoms with Crippen LogP contribution in [0, 0.1) is 0 Å². The second-order valence-electron chi connectivity index (χ2n) is 2.58. The van der Waals surface area contributed by atoms with Crippen molar-refractivity contribution in [2.24, 2.45) is 0 Å². The molecule has 1 heterocycles. The first kappa shape index (κ1) is 7.31. The van der Waals surface area contributed by atoms with Gasteiger partial charge >= 0.3 is 0 Å². The predicted octanol–water partition coefficient (Wildman–Crippen LogP) is -0.813. The molecule has 3 nitrogen and oxygen atoms in total. The molecule has 10 heavy (non-hydrogen) atoms. The molecule has 1 rings (SSSR count). The van der Waals surface area contributed by atoms with Crippen molar-refractivity contribution in [3.05, 3.63) is 0 Å². The number of hydrogen-bond acceptors (Lipinski definition) is 2. The number of carbonyl (C=O) groups excluding carboxylic acids is 2. The molecule has 0 spiro atoms. The maximum absolute atomic E-state index is 11.1. The Morgan fingerprint density at radius 1 is 1.70 bits per heavy atom. The molecule has 0 saturated carbocycles. The monoisotopic (exact) mass is 139 g/mol. The highest BCUT2D eigenvalue weighted by Crippen LogP contribution is 2.20.